The van der Waals surface area contributed by atoms with E-state index in [0.717, 1.165) is 17.7 Å². The van der Waals surface area contributed by atoms with Crippen LogP contribution >= 0.6 is 0 Å². The van der Waals surface area contributed by atoms with Crippen molar-refractivity contribution >= 4 is 16.5 Å². The molecule has 2 nitrogen and oxygen atoms in total. The van der Waals surface area contributed by atoms with Crippen LogP contribution in [0.4, 0.5) is 5.69 Å². The fourth-order valence-corrected chi connectivity index (χ4v) is 3.72. The second-order valence-electron chi connectivity index (χ2n) is 4.13. The summed E-state index contributed by atoms with van der Waals surface area (Å²) in [5.41, 5.74) is 6.40. The Morgan fingerprint density at radius 3 is 2.60 bits per heavy atom. The topological polar surface area (TPSA) is 43.1 Å². The standard InChI is InChI=1S/C12H17NOS/c13-10-5-4-8-12(9-10)15(14)11-6-2-1-3-7-11/h4-5,8-9,11H,1-3,6-7,13H2. The Morgan fingerprint density at radius 2 is 1.93 bits per heavy atom. The Morgan fingerprint density at radius 1 is 1.20 bits per heavy atom. The summed E-state index contributed by atoms with van der Waals surface area (Å²) in [4.78, 5) is 0.891. The van der Waals surface area contributed by atoms with Crippen LogP contribution in [0.1, 0.15) is 32.1 Å². The lowest BCUT2D eigenvalue weighted by atomic mass is 10.0. The van der Waals surface area contributed by atoms with E-state index in [0.29, 0.717) is 10.9 Å². The lowest BCUT2D eigenvalue weighted by Crippen LogP contribution is -2.18. The summed E-state index contributed by atoms with van der Waals surface area (Å²) in [5, 5.41) is 0.348. The van der Waals surface area contributed by atoms with E-state index in [9.17, 15) is 4.21 Å². The Hall–Kier alpha value is -0.830. The monoisotopic (exact) mass is 223 g/mol. The smallest absolute Gasteiger partial charge is 0.0561 e. The molecule has 1 aliphatic rings. The summed E-state index contributed by atoms with van der Waals surface area (Å²) in [6.45, 7) is 0. The van der Waals surface area contributed by atoms with Crippen molar-refractivity contribution in [2.75, 3.05) is 5.73 Å². The molecule has 1 saturated carbocycles. The quantitative estimate of drug-likeness (QED) is 0.783. The molecule has 1 atom stereocenters. The van der Waals surface area contributed by atoms with Crippen molar-refractivity contribution in [2.24, 2.45) is 0 Å². The second-order valence-corrected chi connectivity index (χ2v) is 5.86. The molecule has 2 rings (SSSR count). The molecule has 0 saturated heterocycles. The molecule has 3 heteroatoms. The lowest BCUT2D eigenvalue weighted by Gasteiger charge is -2.20. The van der Waals surface area contributed by atoms with Gasteiger partial charge in [0, 0.05) is 15.8 Å². The molecule has 0 spiro atoms. The van der Waals surface area contributed by atoms with Crippen LogP contribution in [-0.4, -0.2) is 9.46 Å². The number of rotatable bonds is 2. The molecular weight excluding hydrogens is 206 g/mol. The van der Waals surface area contributed by atoms with Crippen molar-refractivity contribution in [1.82, 2.24) is 0 Å². The molecule has 1 aromatic rings. The van der Waals surface area contributed by atoms with Crippen molar-refractivity contribution in [2.45, 2.75) is 42.2 Å². The van der Waals surface area contributed by atoms with Gasteiger partial charge >= 0.3 is 0 Å². The largest absolute Gasteiger partial charge is 0.399 e. The number of hydrogen-bond acceptors (Lipinski definition) is 2. The predicted octanol–water partition coefficient (Wildman–Crippen LogP) is 2.71. The zero-order valence-corrected chi connectivity index (χ0v) is 9.63. The average molecular weight is 223 g/mol. The molecule has 1 aromatic carbocycles. The van der Waals surface area contributed by atoms with Crippen LogP contribution in [0.15, 0.2) is 29.2 Å². The van der Waals surface area contributed by atoms with Gasteiger partial charge in [-0.15, -0.1) is 0 Å². The number of nitrogens with two attached hydrogens (primary N) is 1. The Labute approximate surface area is 93.3 Å². The Bertz CT molecular complexity index is 358. The van der Waals surface area contributed by atoms with Gasteiger partial charge in [-0.3, -0.25) is 4.21 Å². The van der Waals surface area contributed by atoms with Crippen molar-refractivity contribution in [3.8, 4) is 0 Å². The Kier molecular flexibility index (Phi) is 3.41. The average Bonchev–Trinajstić information content (AvgIpc) is 2.29. The number of nitrogen functional groups attached to an aromatic ring is 1. The van der Waals surface area contributed by atoms with E-state index in [1.54, 1.807) is 0 Å². The lowest BCUT2D eigenvalue weighted by molar-refractivity contribution is 0.504. The SMILES string of the molecule is Nc1cccc(S(=O)C2CCCCC2)c1. The van der Waals surface area contributed by atoms with Crippen molar-refractivity contribution in [3.05, 3.63) is 24.3 Å². The fraction of sp³-hybridized carbons (Fsp3) is 0.500. The zero-order chi connectivity index (χ0) is 10.7. The normalized spacial score (nSPS) is 20.0. The van der Waals surface area contributed by atoms with Crippen LogP contribution in [-0.2, 0) is 10.8 Å². The van der Waals surface area contributed by atoms with E-state index < -0.39 is 10.8 Å². The van der Waals surface area contributed by atoms with Gasteiger partial charge in [0.1, 0.15) is 0 Å². The highest BCUT2D eigenvalue weighted by Crippen LogP contribution is 2.26. The highest BCUT2D eigenvalue weighted by atomic mass is 32.2. The third-order valence-electron chi connectivity index (χ3n) is 2.95. The maximum Gasteiger partial charge on any atom is 0.0561 e. The molecule has 1 aliphatic carbocycles. The van der Waals surface area contributed by atoms with Gasteiger partial charge in [-0.2, -0.15) is 0 Å². The van der Waals surface area contributed by atoms with Crippen LogP contribution < -0.4 is 5.73 Å². The van der Waals surface area contributed by atoms with Gasteiger partial charge in [0.05, 0.1) is 10.8 Å². The third kappa shape index (κ3) is 2.59. The van der Waals surface area contributed by atoms with E-state index in [4.69, 9.17) is 5.73 Å². The molecule has 1 fully saturated rings. The van der Waals surface area contributed by atoms with Gasteiger partial charge < -0.3 is 5.73 Å². The van der Waals surface area contributed by atoms with Gasteiger partial charge in [-0.05, 0) is 31.0 Å². The predicted molar refractivity (Wildman–Crippen MR) is 64.1 cm³/mol. The number of benzene rings is 1. The van der Waals surface area contributed by atoms with E-state index in [2.05, 4.69) is 0 Å². The number of hydrogen-bond donors (Lipinski definition) is 1. The fourth-order valence-electron chi connectivity index (χ4n) is 2.11. The van der Waals surface area contributed by atoms with Gasteiger partial charge in [-0.25, -0.2) is 0 Å². The molecule has 0 heterocycles. The first-order valence-electron chi connectivity index (χ1n) is 5.53. The summed E-state index contributed by atoms with van der Waals surface area (Å²) in [5.74, 6) is 0. The minimum atomic E-state index is -0.860. The van der Waals surface area contributed by atoms with Crippen molar-refractivity contribution < 1.29 is 4.21 Å². The van der Waals surface area contributed by atoms with Crippen molar-refractivity contribution in [1.29, 1.82) is 0 Å². The van der Waals surface area contributed by atoms with E-state index >= 15 is 0 Å². The summed E-state index contributed by atoms with van der Waals surface area (Å²) in [6, 6.07) is 7.47. The molecule has 0 bridgehead atoms. The maximum absolute atomic E-state index is 12.2. The van der Waals surface area contributed by atoms with Crippen LogP contribution in [0.2, 0.25) is 0 Å². The first-order chi connectivity index (χ1) is 7.27. The molecule has 82 valence electrons. The first-order valence-corrected chi connectivity index (χ1v) is 6.75. The van der Waals surface area contributed by atoms with Crippen LogP contribution in [0, 0.1) is 0 Å². The van der Waals surface area contributed by atoms with Gasteiger partial charge in [-0.1, -0.05) is 25.3 Å². The minimum absolute atomic E-state index is 0.348. The van der Waals surface area contributed by atoms with Crippen LogP contribution in [0.5, 0.6) is 0 Å². The molecule has 0 aliphatic heterocycles. The highest BCUT2D eigenvalue weighted by molar-refractivity contribution is 7.85. The van der Waals surface area contributed by atoms with E-state index in [1.165, 1.54) is 19.3 Å². The summed E-state index contributed by atoms with van der Waals surface area (Å²) < 4.78 is 12.2. The summed E-state index contributed by atoms with van der Waals surface area (Å²) in [6.07, 6.45) is 5.94. The molecule has 0 amide bonds. The van der Waals surface area contributed by atoms with Crippen molar-refractivity contribution in [3.63, 3.8) is 0 Å². The first kappa shape index (κ1) is 10.7. The molecule has 0 aromatic heterocycles. The second kappa shape index (κ2) is 4.79. The van der Waals surface area contributed by atoms with Gasteiger partial charge in [0.15, 0.2) is 0 Å². The van der Waals surface area contributed by atoms with E-state index in [-0.39, 0.29) is 0 Å². The number of anilines is 1. The zero-order valence-electron chi connectivity index (χ0n) is 8.82. The van der Waals surface area contributed by atoms with Gasteiger partial charge in [0.2, 0.25) is 0 Å². The highest BCUT2D eigenvalue weighted by Gasteiger charge is 2.20. The van der Waals surface area contributed by atoms with Crippen LogP contribution in [0.3, 0.4) is 0 Å². The molecule has 0 radical (unpaired) electrons. The van der Waals surface area contributed by atoms with Crippen LogP contribution in [0.25, 0.3) is 0 Å². The summed E-state index contributed by atoms with van der Waals surface area (Å²) >= 11 is 0. The third-order valence-corrected chi connectivity index (χ3v) is 4.74. The van der Waals surface area contributed by atoms with E-state index in [1.807, 2.05) is 24.3 Å². The van der Waals surface area contributed by atoms with Gasteiger partial charge in [0.25, 0.3) is 0 Å². The molecular formula is C12H17NOS. The molecule has 2 N–H and O–H groups in total. The molecule has 1 unspecified atom stereocenters. The minimum Gasteiger partial charge on any atom is -0.399 e. The summed E-state index contributed by atoms with van der Waals surface area (Å²) in [7, 11) is -0.860. The molecule has 15 heavy (non-hydrogen) atoms. The maximum atomic E-state index is 12.2. The Balaban J connectivity index is 2.12.